The molecular weight excluding hydrogens is 270 g/mol. The van der Waals surface area contributed by atoms with E-state index in [9.17, 15) is 10.1 Å². The molecular formula is C14H27N5O2. The van der Waals surface area contributed by atoms with Crippen LogP contribution < -0.4 is 5.32 Å². The number of nitrogens with zero attached hydrogens (tertiary/aromatic N) is 4. The van der Waals surface area contributed by atoms with Crippen LogP contribution in [0.15, 0.2) is 0 Å². The van der Waals surface area contributed by atoms with Gasteiger partial charge in [-0.25, -0.2) is 4.68 Å². The van der Waals surface area contributed by atoms with E-state index in [2.05, 4.69) is 29.2 Å². The van der Waals surface area contributed by atoms with E-state index in [0.717, 1.165) is 26.1 Å². The van der Waals surface area contributed by atoms with E-state index in [0.29, 0.717) is 18.1 Å². The fourth-order valence-corrected chi connectivity index (χ4v) is 2.37. The zero-order chi connectivity index (χ0) is 16.0. The van der Waals surface area contributed by atoms with Crippen molar-refractivity contribution in [2.75, 3.05) is 31.5 Å². The summed E-state index contributed by atoms with van der Waals surface area (Å²) in [6.45, 7) is 13.5. The van der Waals surface area contributed by atoms with E-state index in [-0.39, 0.29) is 16.7 Å². The third-order valence-corrected chi connectivity index (χ3v) is 3.43. The number of anilines is 1. The second-order valence-electron chi connectivity index (χ2n) is 5.44. The van der Waals surface area contributed by atoms with E-state index in [1.165, 1.54) is 0 Å². The zero-order valence-corrected chi connectivity index (χ0v) is 13.7. The highest BCUT2D eigenvalue weighted by Crippen LogP contribution is 2.30. The molecule has 0 aliphatic carbocycles. The molecule has 0 unspecified atom stereocenters. The molecule has 1 heterocycles. The van der Waals surface area contributed by atoms with Gasteiger partial charge in [0.05, 0.1) is 4.92 Å². The highest BCUT2D eigenvalue weighted by atomic mass is 16.6. The van der Waals surface area contributed by atoms with Crippen molar-refractivity contribution >= 4 is 11.5 Å². The second-order valence-corrected chi connectivity index (χ2v) is 5.44. The van der Waals surface area contributed by atoms with E-state index in [1.807, 2.05) is 13.8 Å². The molecule has 0 fully saturated rings. The van der Waals surface area contributed by atoms with Gasteiger partial charge in [0.2, 0.25) is 5.82 Å². The van der Waals surface area contributed by atoms with Crippen molar-refractivity contribution in [2.45, 2.75) is 47.1 Å². The maximum Gasteiger partial charge on any atom is 0.333 e. The monoisotopic (exact) mass is 297 g/mol. The molecule has 0 bridgehead atoms. The predicted molar refractivity (Wildman–Crippen MR) is 84.9 cm³/mol. The summed E-state index contributed by atoms with van der Waals surface area (Å²) in [5.41, 5.74) is 0.541. The van der Waals surface area contributed by atoms with E-state index >= 15 is 0 Å². The molecule has 0 saturated heterocycles. The van der Waals surface area contributed by atoms with Crippen LogP contribution >= 0.6 is 0 Å². The van der Waals surface area contributed by atoms with E-state index < -0.39 is 0 Å². The van der Waals surface area contributed by atoms with Crippen LogP contribution in [0.5, 0.6) is 0 Å². The van der Waals surface area contributed by atoms with Crippen LogP contribution in [0.4, 0.5) is 11.5 Å². The van der Waals surface area contributed by atoms with Crippen LogP contribution in [0.3, 0.4) is 0 Å². The average Bonchev–Trinajstić information content (AvgIpc) is 2.74. The van der Waals surface area contributed by atoms with Gasteiger partial charge in [-0.1, -0.05) is 13.8 Å². The molecule has 0 spiro atoms. The van der Waals surface area contributed by atoms with Crippen LogP contribution in [0.25, 0.3) is 0 Å². The topological polar surface area (TPSA) is 76.2 Å². The molecule has 7 heteroatoms. The Hall–Kier alpha value is -1.63. The first-order valence-electron chi connectivity index (χ1n) is 7.62. The minimum absolute atomic E-state index is 0.0813. The number of nitrogens with one attached hydrogen (secondary N) is 1. The van der Waals surface area contributed by atoms with Crippen molar-refractivity contribution in [1.29, 1.82) is 0 Å². The first kappa shape index (κ1) is 17.4. The van der Waals surface area contributed by atoms with Gasteiger partial charge in [-0.3, -0.25) is 10.1 Å². The lowest BCUT2D eigenvalue weighted by atomic mass is 10.3. The van der Waals surface area contributed by atoms with Gasteiger partial charge in [-0.15, -0.1) is 0 Å². The lowest BCUT2D eigenvalue weighted by Gasteiger charge is -2.20. The minimum Gasteiger partial charge on any atom is -0.363 e. The van der Waals surface area contributed by atoms with Crippen LogP contribution in [0.1, 0.15) is 45.9 Å². The second kappa shape index (κ2) is 7.97. The molecule has 1 rings (SSSR count). The molecule has 120 valence electrons. The van der Waals surface area contributed by atoms with Gasteiger partial charge in [-0.05, 0) is 40.3 Å². The lowest BCUT2D eigenvalue weighted by molar-refractivity contribution is -0.384. The number of aryl methyl sites for hydroxylation is 1. The SMILES string of the molecule is CCCN(CC)CCNc1c([N+](=O)[O-])c(C)nn1C(C)C. The zero-order valence-electron chi connectivity index (χ0n) is 13.7. The Morgan fingerprint density at radius 1 is 1.38 bits per heavy atom. The molecule has 7 nitrogen and oxygen atoms in total. The highest BCUT2D eigenvalue weighted by molar-refractivity contribution is 5.59. The maximum atomic E-state index is 11.2. The van der Waals surface area contributed by atoms with E-state index in [1.54, 1.807) is 11.6 Å². The Morgan fingerprint density at radius 3 is 2.52 bits per heavy atom. The summed E-state index contributed by atoms with van der Waals surface area (Å²) >= 11 is 0. The van der Waals surface area contributed by atoms with Crippen LogP contribution in [0.2, 0.25) is 0 Å². The number of rotatable bonds is 9. The Balaban J connectivity index is 2.83. The Labute approximate surface area is 126 Å². The molecule has 21 heavy (non-hydrogen) atoms. The lowest BCUT2D eigenvalue weighted by Crippen LogP contribution is -2.30. The molecule has 1 N–H and O–H groups in total. The van der Waals surface area contributed by atoms with Gasteiger partial charge in [0.25, 0.3) is 0 Å². The van der Waals surface area contributed by atoms with Crippen molar-refractivity contribution in [3.8, 4) is 0 Å². The molecule has 0 atom stereocenters. The number of nitro groups is 1. The van der Waals surface area contributed by atoms with E-state index in [4.69, 9.17) is 0 Å². The molecule has 1 aromatic heterocycles. The Morgan fingerprint density at radius 2 is 2.05 bits per heavy atom. The average molecular weight is 297 g/mol. The summed E-state index contributed by atoms with van der Waals surface area (Å²) in [5, 5.41) is 18.7. The normalized spacial score (nSPS) is 11.4. The third kappa shape index (κ3) is 4.42. The number of hydrogen-bond donors (Lipinski definition) is 1. The van der Waals surface area contributed by atoms with Crippen molar-refractivity contribution < 1.29 is 4.92 Å². The standard InChI is InChI=1S/C14H27N5O2/c1-6-9-17(7-2)10-8-15-14-13(19(20)21)12(5)16-18(14)11(3)4/h11,15H,6-10H2,1-5H3. The summed E-state index contributed by atoms with van der Waals surface area (Å²) in [7, 11) is 0. The molecule has 0 aliphatic rings. The summed E-state index contributed by atoms with van der Waals surface area (Å²) in [6, 6.07) is 0.0813. The maximum absolute atomic E-state index is 11.2. The summed E-state index contributed by atoms with van der Waals surface area (Å²) in [5.74, 6) is 0.514. The van der Waals surface area contributed by atoms with Crippen LogP contribution in [-0.2, 0) is 0 Å². The molecule has 1 aromatic rings. The number of hydrogen-bond acceptors (Lipinski definition) is 5. The van der Waals surface area contributed by atoms with Crippen LogP contribution in [-0.4, -0.2) is 45.8 Å². The quantitative estimate of drug-likeness (QED) is 0.560. The first-order chi connectivity index (χ1) is 9.92. The van der Waals surface area contributed by atoms with Gasteiger partial charge in [-0.2, -0.15) is 5.10 Å². The third-order valence-electron chi connectivity index (χ3n) is 3.43. The highest BCUT2D eigenvalue weighted by Gasteiger charge is 2.26. The summed E-state index contributed by atoms with van der Waals surface area (Å²) in [6.07, 6.45) is 1.11. The molecule has 0 aliphatic heterocycles. The molecule has 0 aromatic carbocycles. The van der Waals surface area contributed by atoms with Gasteiger partial charge >= 0.3 is 5.69 Å². The number of likely N-dealkylation sites (N-methyl/N-ethyl adjacent to an activating group) is 1. The molecule has 0 radical (unpaired) electrons. The largest absolute Gasteiger partial charge is 0.363 e. The molecule has 0 amide bonds. The van der Waals surface area contributed by atoms with Crippen molar-refractivity contribution in [3.63, 3.8) is 0 Å². The first-order valence-corrected chi connectivity index (χ1v) is 7.62. The number of aromatic nitrogens is 2. The smallest absolute Gasteiger partial charge is 0.333 e. The summed E-state index contributed by atoms with van der Waals surface area (Å²) < 4.78 is 1.70. The van der Waals surface area contributed by atoms with Gasteiger partial charge in [0.1, 0.15) is 5.69 Å². The van der Waals surface area contributed by atoms with Crippen molar-refractivity contribution in [1.82, 2.24) is 14.7 Å². The van der Waals surface area contributed by atoms with Crippen LogP contribution in [0, 0.1) is 17.0 Å². The Kier molecular flexibility index (Phi) is 6.61. The summed E-state index contributed by atoms with van der Waals surface area (Å²) in [4.78, 5) is 13.2. The van der Waals surface area contributed by atoms with Gasteiger partial charge in [0.15, 0.2) is 0 Å². The Bertz CT molecular complexity index is 470. The predicted octanol–water partition coefficient (Wildman–Crippen LogP) is 2.82. The molecule has 0 saturated carbocycles. The fourth-order valence-electron chi connectivity index (χ4n) is 2.37. The van der Waals surface area contributed by atoms with Gasteiger partial charge in [0, 0.05) is 19.1 Å². The van der Waals surface area contributed by atoms with Crippen molar-refractivity contribution in [3.05, 3.63) is 15.8 Å². The van der Waals surface area contributed by atoms with Gasteiger partial charge < -0.3 is 10.2 Å². The van der Waals surface area contributed by atoms with Crippen molar-refractivity contribution in [2.24, 2.45) is 0 Å². The fraction of sp³-hybridized carbons (Fsp3) is 0.786. The minimum atomic E-state index is -0.354.